The molecule has 0 aromatic carbocycles. The Morgan fingerprint density at radius 1 is 0.629 bits per heavy atom. The van der Waals surface area contributed by atoms with Crippen molar-refractivity contribution in [2.24, 2.45) is 0 Å². The van der Waals surface area contributed by atoms with Crippen LogP contribution in [0.25, 0.3) is 0 Å². The molecular weight excluding hydrogens is 480 g/mol. The minimum atomic E-state index is -1.84. The third-order valence-corrected chi connectivity index (χ3v) is 5.06. The van der Waals surface area contributed by atoms with E-state index in [-0.39, 0.29) is 0 Å². The van der Waals surface area contributed by atoms with Crippen LogP contribution in [-0.4, -0.2) is 119 Å². The van der Waals surface area contributed by atoms with Gasteiger partial charge in [0.1, 0.15) is 37.1 Å². The first kappa shape index (κ1) is 28.8. The molecule has 200 valence electrons. The minimum absolute atomic E-state index is 0.468. The number of esters is 4. The summed E-state index contributed by atoms with van der Waals surface area (Å²) in [5, 5.41) is 39.3. The highest BCUT2D eigenvalue weighted by Gasteiger charge is 2.53. The summed E-state index contributed by atoms with van der Waals surface area (Å²) in [6, 6.07) is 0. The fraction of sp³-hybridized carbons (Fsp3) is 0.800. The van der Waals surface area contributed by atoms with Crippen molar-refractivity contribution < 1.29 is 72.8 Å². The maximum atomic E-state index is 11.8. The van der Waals surface area contributed by atoms with Crippen molar-refractivity contribution in [3.8, 4) is 0 Å². The van der Waals surface area contributed by atoms with Gasteiger partial charge in [0, 0.05) is 27.7 Å². The fourth-order valence-corrected chi connectivity index (χ4v) is 3.58. The van der Waals surface area contributed by atoms with Crippen LogP contribution in [0.4, 0.5) is 0 Å². The second kappa shape index (κ2) is 12.5. The lowest BCUT2D eigenvalue weighted by Gasteiger charge is -2.45. The lowest BCUT2D eigenvalue weighted by Crippen LogP contribution is -2.64. The Kier molecular flexibility index (Phi) is 10.3. The third-order valence-electron chi connectivity index (χ3n) is 5.06. The summed E-state index contributed by atoms with van der Waals surface area (Å²) >= 11 is 0. The first-order chi connectivity index (χ1) is 16.3. The Hall–Kier alpha value is -2.40. The molecule has 0 unspecified atom stereocenters. The van der Waals surface area contributed by atoms with Crippen LogP contribution in [0, 0.1) is 0 Å². The van der Waals surface area contributed by atoms with Crippen LogP contribution < -0.4 is 0 Å². The standard InChI is InChI=1S/C20H30O15/c1-7(21)29-6-12-16(31-8(2)22)17(32-9(3)23)18(33-10(4)24)20(35-12)30-5-11-13(25)14(26)15(27)19(28)34-11/h11-20,25-28H,5-6H2,1-4H3/t11-,12-,13+,14+,15-,16+,17+,18-,19-,20-/m1/s1. The number of ether oxygens (including phenoxy) is 7. The Morgan fingerprint density at radius 2 is 1.17 bits per heavy atom. The Balaban J connectivity index is 2.32. The van der Waals surface area contributed by atoms with Gasteiger partial charge in [-0.15, -0.1) is 0 Å². The molecule has 0 bridgehead atoms. The van der Waals surface area contributed by atoms with E-state index in [1.165, 1.54) is 0 Å². The van der Waals surface area contributed by atoms with E-state index in [1.807, 2.05) is 0 Å². The second-order valence-corrected chi connectivity index (χ2v) is 7.94. The van der Waals surface area contributed by atoms with E-state index in [9.17, 15) is 39.6 Å². The molecule has 4 N–H and O–H groups in total. The average Bonchev–Trinajstić information content (AvgIpc) is 2.75. The van der Waals surface area contributed by atoms with E-state index in [4.69, 9.17) is 33.2 Å². The summed E-state index contributed by atoms with van der Waals surface area (Å²) in [7, 11) is 0. The zero-order valence-electron chi connectivity index (χ0n) is 19.5. The molecule has 2 rings (SSSR count). The van der Waals surface area contributed by atoms with Crippen LogP contribution in [0.2, 0.25) is 0 Å². The first-order valence-corrected chi connectivity index (χ1v) is 10.6. The Bertz CT molecular complexity index is 772. The number of carbonyl (C=O) groups excluding carboxylic acids is 4. The van der Waals surface area contributed by atoms with E-state index in [0.717, 1.165) is 27.7 Å². The number of carbonyl (C=O) groups is 4. The molecule has 0 radical (unpaired) electrons. The smallest absolute Gasteiger partial charge is 0.303 e. The molecule has 0 aromatic heterocycles. The summed E-state index contributed by atoms with van der Waals surface area (Å²) < 4.78 is 37.0. The molecule has 2 saturated heterocycles. The predicted molar refractivity (Wildman–Crippen MR) is 107 cm³/mol. The van der Waals surface area contributed by atoms with E-state index in [2.05, 4.69) is 0 Å². The van der Waals surface area contributed by atoms with Crippen LogP contribution in [0.1, 0.15) is 27.7 Å². The number of hydrogen-bond acceptors (Lipinski definition) is 15. The number of aliphatic hydroxyl groups is 4. The van der Waals surface area contributed by atoms with E-state index in [1.54, 1.807) is 0 Å². The van der Waals surface area contributed by atoms with Crippen LogP contribution in [0.3, 0.4) is 0 Å². The molecule has 0 aliphatic carbocycles. The Labute approximate surface area is 199 Å². The van der Waals surface area contributed by atoms with Gasteiger partial charge in [-0.2, -0.15) is 0 Å². The van der Waals surface area contributed by atoms with Gasteiger partial charge in [0.05, 0.1) is 6.61 Å². The zero-order valence-corrected chi connectivity index (χ0v) is 19.5. The van der Waals surface area contributed by atoms with Crippen molar-refractivity contribution in [2.75, 3.05) is 13.2 Å². The zero-order chi connectivity index (χ0) is 26.4. The highest BCUT2D eigenvalue weighted by Crippen LogP contribution is 2.31. The topological polar surface area (TPSA) is 214 Å². The van der Waals surface area contributed by atoms with E-state index in [0.29, 0.717) is 0 Å². The summed E-state index contributed by atoms with van der Waals surface area (Å²) in [5.74, 6) is -3.17. The van der Waals surface area contributed by atoms with Crippen molar-refractivity contribution in [3.05, 3.63) is 0 Å². The monoisotopic (exact) mass is 510 g/mol. The number of rotatable bonds is 8. The first-order valence-electron chi connectivity index (χ1n) is 10.6. The largest absolute Gasteiger partial charge is 0.463 e. The van der Waals surface area contributed by atoms with Crippen LogP contribution >= 0.6 is 0 Å². The average molecular weight is 510 g/mol. The van der Waals surface area contributed by atoms with Gasteiger partial charge in [0.15, 0.2) is 30.9 Å². The molecule has 35 heavy (non-hydrogen) atoms. The van der Waals surface area contributed by atoms with Crippen LogP contribution in [0.5, 0.6) is 0 Å². The van der Waals surface area contributed by atoms with Crippen molar-refractivity contribution in [2.45, 2.75) is 89.1 Å². The number of hydrogen-bond donors (Lipinski definition) is 4. The maximum absolute atomic E-state index is 11.8. The molecule has 0 spiro atoms. The quantitative estimate of drug-likeness (QED) is 0.188. The van der Waals surface area contributed by atoms with Gasteiger partial charge in [-0.05, 0) is 0 Å². The predicted octanol–water partition coefficient (Wildman–Crippen LogP) is -3.11. The lowest BCUT2D eigenvalue weighted by atomic mass is 9.97. The van der Waals surface area contributed by atoms with Crippen molar-refractivity contribution in [3.63, 3.8) is 0 Å². The molecule has 2 aliphatic heterocycles. The summed E-state index contributed by atoms with van der Waals surface area (Å²) in [5.41, 5.74) is 0. The maximum Gasteiger partial charge on any atom is 0.303 e. The molecule has 15 heteroatoms. The van der Waals surface area contributed by atoms with Crippen molar-refractivity contribution in [1.82, 2.24) is 0 Å². The summed E-state index contributed by atoms with van der Waals surface area (Å²) in [4.78, 5) is 46.6. The molecule has 2 fully saturated rings. The summed E-state index contributed by atoms with van der Waals surface area (Å²) in [6.07, 6.45) is -15.6. The van der Waals surface area contributed by atoms with E-state index < -0.39 is 98.5 Å². The van der Waals surface area contributed by atoms with Gasteiger partial charge >= 0.3 is 23.9 Å². The third kappa shape index (κ3) is 7.79. The minimum Gasteiger partial charge on any atom is -0.463 e. The van der Waals surface area contributed by atoms with Gasteiger partial charge < -0.3 is 53.6 Å². The molecule has 15 nitrogen and oxygen atoms in total. The SMILES string of the molecule is CC(=O)OC[C@H]1O[C@@H](OC[C@H]2O[C@@H](O)[C@H](O)[C@@H](O)[C@H]2O)[C@H](OC(C)=O)[C@@H](OC(C)=O)[C@H]1OC(C)=O. The highest BCUT2D eigenvalue weighted by molar-refractivity contribution is 5.68. The van der Waals surface area contributed by atoms with Crippen LogP contribution in [0.15, 0.2) is 0 Å². The fourth-order valence-electron chi connectivity index (χ4n) is 3.58. The lowest BCUT2D eigenvalue weighted by molar-refractivity contribution is -0.328. The number of aliphatic hydroxyl groups excluding tert-OH is 4. The van der Waals surface area contributed by atoms with Crippen molar-refractivity contribution >= 4 is 23.9 Å². The van der Waals surface area contributed by atoms with Gasteiger partial charge in [0.25, 0.3) is 0 Å². The van der Waals surface area contributed by atoms with Crippen LogP contribution in [-0.2, 0) is 52.3 Å². The molecule has 2 heterocycles. The van der Waals surface area contributed by atoms with E-state index >= 15 is 0 Å². The molecular formula is C20H30O15. The molecule has 2 aliphatic rings. The van der Waals surface area contributed by atoms with Gasteiger partial charge in [0.2, 0.25) is 0 Å². The molecule has 0 saturated carbocycles. The Morgan fingerprint density at radius 3 is 1.71 bits per heavy atom. The second-order valence-electron chi connectivity index (χ2n) is 7.94. The molecule has 0 amide bonds. The highest BCUT2D eigenvalue weighted by atomic mass is 16.7. The van der Waals surface area contributed by atoms with Gasteiger partial charge in [-0.25, -0.2) is 0 Å². The van der Waals surface area contributed by atoms with Gasteiger partial charge in [-0.1, -0.05) is 0 Å². The molecule has 0 aromatic rings. The van der Waals surface area contributed by atoms with Gasteiger partial charge in [-0.3, -0.25) is 19.2 Å². The van der Waals surface area contributed by atoms with Crippen molar-refractivity contribution in [1.29, 1.82) is 0 Å². The normalized spacial score (nSPS) is 37.1. The summed E-state index contributed by atoms with van der Waals surface area (Å²) in [6.45, 7) is 3.26. The molecule has 10 atom stereocenters.